The molecule has 0 amide bonds. The molecule has 1 saturated carbocycles. The van der Waals surface area contributed by atoms with Gasteiger partial charge in [-0.05, 0) is 69.5 Å². The molecule has 1 fully saturated rings. The Balaban J connectivity index is 1.46. The predicted molar refractivity (Wildman–Crippen MR) is 150 cm³/mol. The van der Waals surface area contributed by atoms with E-state index in [1.54, 1.807) is 24.3 Å². The smallest absolute Gasteiger partial charge is 0.240 e. The summed E-state index contributed by atoms with van der Waals surface area (Å²) in [6, 6.07) is 19.5. The van der Waals surface area contributed by atoms with Crippen LogP contribution in [0.3, 0.4) is 0 Å². The highest BCUT2D eigenvalue weighted by molar-refractivity contribution is 7.89. The van der Waals surface area contributed by atoms with Gasteiger partial charge < -0.3 is 5.11 Å². The second kappa shape index (κ2) is 12.5. The summed E-state index contributed by atoms with van der Waals surface area (Å²) >= 11 is 0. The first-order valence-electron chi connectivity index (χ1n) is 13.5. The van der Waals surface area contributed by atoms with E-state index in [1.165, 1.54) is 36.8 Å². The Hall–Kier alpha value is -2.56. The first-order valence-corrected chi connectivity index (χ1v) is 15.0. The van der Waals surface area contributed by atoms with Gasteiger partial charge >= 0.3 is 0 Å². The lowest BCUT2D eigenvalue weighted by molar-refractivity contribution is -0.0261. The van der Waals surface area contributed by atoms with E-state index in [4.69, 9.17) is 5.10 Å². The number of rotatable bonds is 14. The molecular weight excluding hydrogens is 498 g/mol. The van der Waals surface area contributed by atoms with Crippen molar-refractivity contribution in [2.45, 2.75) is 75.7 Å². The van der Waals surface area contributed by atoms with E-state index >= 15 is 0 Å². The standard InChI is InChI=1S/C29H41N5O3S/c1-21(2)34-28(18-27(32-34)25-12-13-25)22(3)20-33(17-16-23-8-6-5-7-9-23)29(35)31-19-24-10-14-26(15-11-24)38(36,37)30-4/h5-11,14-15,18,21-22,25,29-31,35H,12-13,16-17,19-20H2,1-4H3. The maximum atomic E-state index is 12.0. The summed E-state index contributed by atoms with van der Waals surface area (Å²) in [7, 11) is -2.08. The molecule has 9 heteroatoms. The zero-order valence-corrected chi connectivity index (χ0v) is 23.7. The molecule has 0 spiro atoms. The van der Waals surface area contributed by atoms with Crippen molar-refractivity contribution in [2.75, 3.05) is 20.1 Å². The molecular formula is C29H41N5O3S. The first-order chi connectivity index (χ1) is 18.2. The van der Waals surface area contributed by atoms with Crippen molar-refractivity contribution < 1.29 is 13.5 Å². The molecule has 0 bridgehead atoms. The largest absolute Gasteiger partial charge is 0.365 e. The minimum atomic E-state index is -3.48. The van der Waals surface area contributed by atoms with Crippen LogP contribution in [0.2, 0.25) is 0 Å². The number of hydrogen-bond acceptors (Lipinski definition) is 6. The van der Waals surface area contributed by atoms with Gasteiger partial charge in [-0.2, -0.15) is 5.10 Å². The highest BCUT2D eigenvalue weighted by Crippen LogP contribution is 2.40. The van der Waals surface area contributed by atoms with E-state index in [9.17, 15) is 13.5 Å². The third kappa shape index (κ3) is 7.30. The summed E-state index contributed by atoms with van der Waals surface area (Å²) < 4.78 is 28.5. The Morgan fingerprint density at radius 2 is 1.74 bits per heavy atom. The van der Waals surface area contributed by atoms with Crippen molar-refractivity contribution in [3.63, 3.8) is 0 Å². The van der Waals surface area contributed by atoms with Gasteiger partial charge in [0.25, 0.3) is 0 Å². The molecule has 8 nitrogen and oxygen atoms in total. The Kier molecular flexibility index (Phi) is 9.38. The fourth-order valence-electron chi connectivity index (χ4n) is 4.71. The summed E-state index contributed by atoms with van der Waals surface area (Å²) in [6.45, 7) is 8.30. The van der Waals surface area contributed by atoms with Gasteiger partial charge in [-0.1, -0.05) is 49.4 Å². The van der Waals surface area contributed by atoms with Gasteiger partial charge in [-0.15, -0.1) is 0 Å². The van der Waals surface area contributed by atoms with Gasteiger partial charge in [0.1, 0.15) is 0 Å². The van der Waals surface area contributed by atoms with Crippen molar-refractivity contribution in [1.82, 2.24) is 24.7 Å². The molecule has 1 aliphatic carbocycles. The van der Waals surface area contributed by atoms with Crippen molar-refractivity contribution >= 4 is 10.0 Å². The number of aliphatic hydroxyl groups excluding tert-OH is 1. The zero-order chi connectivity index (χ0) is 27.3. The maximum Gasteiger partial charge on any atom is 0.240 e. The van der Waals surface area contributed by atoms with E-state index < -0.39 is 16.4 Å². The molecule has 0 saturated heterocycles. The van der Waals surface area contributed by atoms with Gasteiger partial charge in [-0.25, -0.2) is 13.1 Å². The highest BCUT2D eigenvalue weighted by Gasteiger charge is 2.29. The topological polar surface area (TPSA) is 99.5 Å². The van der Waals surface area contributed by atoms with Crippen molar-refractivity contribution in [3.8, 4) is 0 Å². The number of nitrogens with one attached hydrogen (secondary N) is 2. The summed E-state index contributed by atoms with van der Waals surface area (Å²) in [6.07, 6.45) is 2.40. The van der Waals surface area contributed by atoms with Crippen LogP contribution in [0.15, 0.2) is 65.6 Å². The third-order valence-electron chi connectivity index (χ3n) is 7.15. The average molecular weight is 540 g/mol. The number of aromatic nitrogens is 2. The summed E-state index contributed by atoms with van der Waals surface area (Å²) in [5.74, 6) is 0.771. The Labute approximate surface area is 227 Å². The average Bonchev–Trinajstić information content (AvgIpc) is 3.67. The van der Waals surface area contributed by atoms with Crippen LogP contribution in [0.1, 0.15) is 74.0 Å². The monoisotopic (exact) mass is 539 g/mol. The molecule has 0 radical (unpaired) electrons. The van der Waals surface area contributed by atoms with Crippen LogP contribution < -0.4 is 10.0 Å². The second-order valence-electron chi connectivity index (χ2n) is 10.5. The molecule has 3 N–H and O–H groups in total. The Bertz CT molecular complexity index is 1270. The SMILES string of the molecule is CNS(=O)(=O)c1ccc(CNC(O)N(CCc2ccccc2)CC(C)c2cc(C3CC3)nn2C(C)C)cc1. The van der Waals surface area contributed by atoms with E-state index in [-0.39, 0.29) is 16.9 Å². The lowest BCUT2D eigenvalue weighted by atomic mass is 10.0. The van der Waals surface area contributed by atoms with Crippen LogP contribution in [0, 0.1) is 0 Å². The molecule has 1 heterocycles. The van der Waals surface area contributed by atoms with Crippen molar-refractivity contribution in [2.24, 2.45) is 0 Å². The van der Waals surface area contributed by atoms with E-state index in [2.05, 4.69) is 58.6 Å². The molecule has 1 aliphatic rings. The normalized spacial score (nSPS) is 15.8. The molecule has 38 heavy (non-hydrogen) atoms. The minimum absolute atomic E-state index is 0.177. The van der Waals surface area contributed by atoms with Crippen LogP contribution >= 0.6 is 0 Å². The summed E-state index contributed by atoms with van der Waals surface area (Å²) in [4.78, 5) is 2.29. The minimum Gasteiger partial charge on any atom is -0.365 e. The van der Waals surface area contributed by atoms with E-state index in [0.29, 0.717) is 25.6 Å². The quantitative estimate of drug-likeness (QED) is 0.268. The zero-order valence-electron chi connectivity index (χ0n) is 22.8. The second-order valence-corrected chi connectivity index (χ2v) is 12.4. The molecule has 2 aromatic carbocycles. The molecule has 2 unspecified atom stereocenters. The molecule has 3 aromatic rings. The van der Waals surface area contributed by atoms with Crippen LogP contribution in [0.25, 0.3) is 0 Å². The molecule has 4 rings (SSSR count). The lowest BCUT2D eigenvalue weighted by Gasteiger charge is -2.31. The van der Waals surface area contributed by atoms with Gasteiger partial charge in [0.2, 0.25) is 10.0 Å². The van der Waals surface area contributed by atoms with Gasteiger partial charge in [0.05, 0.1) is 10.6 Å². The number of aliphatic hydroxyl groups is 1. The number of hydrogen-bond donors (Lipinski definition) is 3. The Morgan fingerprint density at radius 1 is 1.05 bits per heavy atom. The number of sulfonamides is 1. The molecule has 2 atom stereocenters. The van der Waals surface area contributed by atoms with Crippen molar-refractivity contribution in [1.29, 1.82) is 0 Å². The lowest BCUT2D eigenvalue weighted by Crippen LogP contribution is -2.47. The molecule has 1 aromatic heterocycles. The first kappa shape index (κ1) is 28.4. The Morgan fingerprint density at radius 3 is 2.34 bits per heavy atom. The summed E-state index contributed by atoms with van der Waals surface area (Å²) in [5, 5.41) is 19.4. The fraction of sp³-hybridized carbons (Fsp3) is 0.483. The maximum absolute atomic E-state index is 12.0. The molecule has 0 aliphatic heterocycles. The third-order valence-corrected chi connectivity index (χ3v) is 8.58. The fourth-order valence-corrected chi connectivity index (χ4v) is 5.44. The van der Waals surface area contributed by atoms with Gasteiger partial charge in [0.15, 0.2) is 6.35 Å². The number of nitrogens with zero attached hydrogens (tertiary/aromatic N) is 3. The van der Waals surface area contributed by atoms with E-state index in [1.807, 2.05) is 18.2 Å². The number of benzene rings is 2. The van der Waals surface area contributed by atoms with Gasteiger partial charge in [-0.3, -0.25) is 14.9 Å². The van der Waals surface area contributed by atoms with Gasteiger partial charge in [0, 0.05) is 43.2 Å². The van der Waals surface area contributed by atoms with Crippen LogP contribution in [-0.4, -0.2) is 54.7 Å². The van der Waals surface area contributed by atoms with Crippen molar-refractivity contribution in [3.05, 3.63) is 83.2 Å². The van der Waals surface area contributed by atoms with Crippen LogP contribution in [-0.2, 0) is 23.0 Å². The van der Waals surface area contributed by atoms with Crippen LogP contribution in [0.5, 0.6) is 0 Å². The summed E-state index contributed by atoms with van der Waals surface area (Å²) in [5.41, 5.74) is 4.52. The van der Waals surface area contributed by atoms with Crippen LogP contribution in [0.4, 0.5) is 0 Å². The predicted octanol–water partition coefficient (Wildman–Crippen LogP) is 3.96. The highest BCUT2D eigenvalue weighted by atomic mass is 32.2. The molecule has 206 valence electrons. The van der Waals surface area contributed by atoms with E-state index in [0.717, 1.165) is 12.0 Å².